The van der Waals surface area contributed by atoms with Crippen molar-refractivity contribution in [3.05, 3.63) is 53.6 Å². The molecular formula is C19H19NO4. The number of aromatic carboxylic acids is 1. The van der Waals surface area contributed by atoms with Crippen LogP contribution in [0.25, 0.3) is 11.1 Å². The van der Waals surface area contributed by atoms with Crippen molar-refractivity contribution >= 4 is 11.8 Å². The van der Waals surface area contributed by atoms with Crippen LogP contribution < -0.4 is 10.1 Å². The molecule has 1 atom stereocenters. The zero-order valence-electron chi connectivity index (χ0n) is 13.4. The first-order valence-electron chi connectivity index (χ1n) is 7.87. The average molecular weight is 325 g/mol. The van der Waals surface area contributed by atoms with Crippen LogP contribution in [0, 0.1) is 5.92 Å². The summed E-state index contributed by atoms with van der Waals surface area (Å²) in [6.45, 7) is 1.53. The first-order valence-corrected chi connectivity index (χ1v) is 7.87. The molecule has 0 spiro atoms. The summed E-state index contributed by atoms with van der Waals surface area (Å²) in [7, 11) is 1.49. The van der Waals surface area contributed by atoms with Gasteiger partial charge in [0.05, 0.1) is 12.7 Å². The monoisotopic (exact) mass is 325 g/mol. The second-order valence-electron chi connectivity index (χ2n) is 5.85. The largest absolute Gasteiger partial charge is 0.497 e. The van der Waals surface area contributed by atoms with Crippen molar-refractivity contribution in [2.45, 2.75) is 6.42 Å². The van der Waals surface area contributed by atoms with E-state index in [4.69, 9.17) is 4.74 Å². The van der Waals surface area contributed by atoms with Gasteiger partial charge in [0.1, 0.15) is 5.75 Å². The van der Waals surface area contributed by atoms with Crippen molar-refractivity contribution in [3.63, 3.8) is 0 Å². The highest BCUT2D eigenvalue weighted by Crippen LogP contribution is 2.31. The summed E-state index contributed by atoms with van der Waals surface area (Å²) in [5.41, 5.74) is 2.15. The molecule has 5 heteroatoms. The molecule has 1 heterocycles. The normalized spacial score (nSPS) is 16.8. The number of Topliss-reactive ketones (excluding diaryl/α,β-unsaturated/α-hetero) is 1. The Balaban J connectivity index is 2.08. The zero-order valence-corrected chi connectivity index (χ0v) is 13.4. The quantitative estimate of drug-likeness (QED) is 0.827. The van der Waals surface area contributed by atoms with Gasteiger partial charge in [-0.2, -0.15) is 0 Å². The number of carboxylic acid groups (broad SMARTS) is 1. The predicted octanol–water partition coefficient (Wildman–Crippen LogP) is 2.85. The first-order chi connectivity index (χ1) is 11.6. The number of ether oxygens (including phenoxy) is 1. The number of carbonyl (C=O) groups is 2. The number of nitrogens with one attached hydrogen (secondary N) is 1. The van der Waals surface area contributed by atoms with Crippen molar-refractivity contribution in [3.8, 4) is 16.9 Å². The van der Waals surface area contributed by atoms with Gasteiger partial charge in [0, 0.05) is 18.0 Å². The Morgan fingerprint density at radius 2 is 2.00 bits per heavy atom. The maximum Gasteiger partial charge on any atom is 0.335 e. The molecule has 0 aromatic heterocycles. The second kappa shape index (κ2) is 6.84. The highest BCUT2D eigenvalue weighted by atomic mass is 16.5. The Bertz CT molecular complexity index is 779. The molecule has 1 aliphatic rings. The number of hydrogen-bond acceptors (Lipinski definition) is 4. The Kier molecular flexibility index (Phi) is 4.62. The molecule has 24 heavy (non-hydrogen) atoms. The molecule has 0 radical (unpaired) electrons. The van der Waals surface area contributed by atoms with Gasteiger partial charge < -0.3 is 15.2 Å². The molecule has 1 unspecified atom stereocenters. The average Bonchev–Trinajstić information content (AvgIpc) is 3.15. The Morgan fingerprint density at radius 3 is 2.67 bits per heavy atom. The van der Waals surface area contributed by atoms with E-state index in [-0.39, 0.29) is 17.3 Å². The lowest BCUT2D eigenvalue weighted by molar-refractivity contribution is 0.0696. The molecule has 1 fully saturated rings. The summed E-state index contributed by atoms with van der Waals surface area (Å²) in [5.74, 6) is -0.514. The standard InChI is InChI=1S/C19H19NO4/c1-24-15-9-13(8-14(10-15)19(22)23)16-4-2-3-5-17(16)18(21)12-6-7-20-11-12/h2-5,8-10,12,20H,6-7,11H2,1H3,(H,22,23). The van der Waals surface area contributed by atoms with Crippen molar-refractivity contribution in [2.75, 3.05) is 20.2 Å². The van der Waals surface area contributed by atoms with Crippen LogP contribution in [0.2, 0.25) is 0 Å². The maximum absolute atomic E-state index is 12.8. The van der Waals surface area contributed by atoms with Crippen LogP contribution in [0.3, 0.4) is 0 Å². The lowest BCUT2D eigenvalue weighted by Crippen LogP contribution is -2.18. The molecule has 0 amide bonds. The molecule has 124 valence electrons. The highest BCUT2D eigenvalue weighted by Gasteiger charge is 2.25. The van der Waals surface area contributed by atoms with Gasteiger partial charge in [-0.25, -0.2) is 4.79 Å². The molecule has 2 N–H and O–H groups in total. The van der Waals surface area contributed by atoms with Crippen LogP contribution in [0.1, 0.15) is 27.1 Å². The van der Waals surface area contributed by atoms with Crippen LogP contribution in [0.15, 0.2) is 42.5 Å². The minimum absolute atomic E-state index is 0.0318. The summed E-state index contributed by atoms with van der Waals surface area (Å²) >= 11 is 0. The Hall–Kier alpha value is -2.66. The van der Waals surface area contributed by atoms with Gasteiger partial charge in [-0.15, -0.1) is 0 Å². The van der Waals surface area contributed by atoms with Crippen LogP contribution in [0.4, 0.5) is 0 Å². The minimum atomic E-state index is -1.03. The number of rotatable bonds is 5. The van der Waals surface area contributed by atoms with E-state index in [1.165, 1.54) is 13.2 Å². The fraction of sp³-hybridized carbons (Fsp3) is 0.263. The lowest BCUT2D eigenvalue weighted by atomic mass is 9.90. The fourth-order valence-corrected chi connectivity index (χ4v) is 3.04. The summed E-state index contributed by atoms with van der Waals surface area (Å²) in [6.07, 6.45) is 0.825. The molecule has 1 saturated heterocycles. The fourth-order valence-electron chi connectivity index (χ4n) is 3.04. The highest BCUT2D eigenvalue weighted by molar-refractivity contribution is 6.04. The maximum atomic E-state index is 12.8. The summed E-state index contributed by atoms with van der Waals surface area (Å²) in [5, 5.41) is 12.5. The molecule has 0 bridgehead atoms. The van der Waals surface area contributed by atoms with E-state index in [2.05, 4.69) is 5.32 Å². The van der Waals surface area contributed by atoms with Gasteiger partial charge in [0.25, 0.3) is 0 Å². The SMILES string of the molecule is COc1cc(C(=O)O)cc(-c2ccccc2C(=O)C2CCNC2)c1. The first kappa shape index (κ1) is 16.2. The van der Waals surface area contributed by atoms with E-state index in [1.54, 1.807) is 18.2 Å². The molecule has 5 nitrogen and oxygen atoms in total. The van der Waals surface area contributed by atoms with Gasteiger partial charge >= 0.3 is 5.97 Å². The van der Waals surface area contributed by atoms with E-state index in [1.807, 2.05) is 18.2 Å². The summed E-state index contributed by atoms with van der Waals surface area (Å²) in [4.78, 5) is 24.2. The molecule has 0 saturated carbocycles. The van der Waals surface area contributed by atoms with Crippen molar-refractivity contribution in [1.29, 1.82) is 0 Å². The molecule has 0 aliphatic carbocycles. The van der Waals surface area contributed by atoms with E-state index < -0.39 is 5.97 Å². The summed E-state index contributed by atoms with van der Waals surface area (Å²) < 4.78 is 5.21. The van der Waals surface area contributed by atoms with Gasteiger partial charge in [-0.3, -0.25) is 4.79 Å². The number of carbonyl (C=O) groups excluding carboxylic acids is 1. The molecule has 3 rings (SSSR count). The topological polar surface area (TPSA) is 75.6 Å². The number of methoxy groups -OCH3 is 1. The van der Waals surface area contributed by atoms with Gasteiger partial charge in [-0.1, -0.05) is 24.3 Å². The predicted molar refractivity (Wildman–Crippen MR) is 90.7 cm³/mol. The Labute approximate surface area is 140 Å². The molecule has 2 aromatic carbocycles. The molecule has 2 aromatic rings. The number of hydrogen-bond donors (Lipinski definition) is 2. The smallest absolute Gasteiger partial charge is 0.335 e. The summed E-state index contributed by atoms with van der Waals surface area (Å²) in [6, 6.07) is 12.1. The second-order valence-corrected chi connectivity index (χ2v) is 5.85. The third-order valence-electron chi connectivity index (χ3n) is 4.32. The number of benzene rings is 2. The molecule has 1 aliphatic heterocycles. The number of carboxylic acids is 1. The lowest BCUT2D eigenvalue weighted by Gasteiger charge is -2.14. The minimum Gasteiger partial charge on any atom is -0.497 e. The van der Waals surface area contributed by atoms with Crippen LogP contribution in [-0.4, -0.2) is 37.1 Å². The van der Waals surface area contributed by atoms with Crippen molar-refractivity contribution in [2.24, 2.45) is 5.92 Å². The zero-order chi connectivity index (χ0) is 17.1. The Morgan fingerprint density at radius 1 is 1.21 bits per heavy atom. The van der Waals surface area contributed by atoms with Crippen molar-refractivity contribution in [1.82, 2.24) is 5.32 Å². The van der Waals surface area contributed by atoms with Gasteiger partial charge in [0.15, 0.2) is 5.78 Å². The van der Waals surface area contributed by atoms with Crippen LogP contribution in [0.5, 0.6) is 5.75 Å². The molecular weight excluding hydrogens is 306 g/mol. The van der Waals surface area contributed by atoms with E-state index in [0.717, 1.165) is 18.5 Å². The van der Waals surface area contributed by atoms with E-state index in [9.17, 15) is 14.7 Å². The van der Waals surface area contributed by atoms with Gasteiger partial charge in [-0.05, 0) is 42.3 Å². The van der Waals surface area contributed by atoms with Crippen LogP contribution in [-0.2, 0) is 0 Å². The third kappa shape index (κ3) is 3.16. The number of ketones is 1. The van der Waals surface area contributed by atoms with E-state index >= 15 is 0 Å². The van der Waals surface area contributed by atoms with Gasteiger partial charge in [0.2, 0.25) is 0 Å². The van der Waals surface area contributed by atoms with Crippen molar-refractivity contribution < 1.29 is 19.4 Å². The third-order valence-corrected chi connectivity index (χ3v) is 4.32. The van der Waals surface area contributed by atoms with Crippen LogP contribution >= 0.6 is 0 Å². The van der Waals surface area contributed by atoms with E-state index in [0.29, 0.717) is 23.4 Å².